The number of nitrogens with one attached hydrogen (secondary N) is 1. The standard InChI is InChI=1S/C12H24N2O3/c1-16-9-4-7-14(8-10-17-2)12(15)11-5-3-6-13-11/h11,13H,3-10H2,1-2H3/t11-/m1/s1. The Hall–Kier alpha value is -0.650. The summed E-state index contributed by atoms with van der Waals surface area (Å²) in [6.45, 7) is 3.64. The molecule has 0 unspecified atom stereocenters. The molecule has 1 amide bonds. The maximum absolute atomic E-state index is 12.2. The van der Waals surface area contributed by atoms with Crippen molar-refractivity contribution in [3.63, 3.8) is 0 Å². The van der Waals surface area contributed by atoms with Gasteiger partial charge in [-0.15, -0.1) is 0 Å². The summed E-state index contributed by atoms with van der Waals surface area (Å²) in [6, 6.07) is 0.00870. The van der Waals surface area contributed by atoms with Crippen molar-refractivity contribution in [3.8, 4) is 0 Å². The van der Waals surface area contributed by atoms with Crippen LogP contribution < -0.4 is 5.32 Å². The minimum absolute atomic E-state index is 0.00870. The van der Waals surface area contributed by atoms with E-state index in [2.05, 4.69) is 5.32 Å². The molecule has 1 saturated heterocycles. The van der Waals surface area contributed by atoms with E-state index in [1.54, 1.807) is 14.2 Å². The molecule has 0 aromatic carbocycles. The van der Waals surface area contributed by atoms with Crippen LogP contribution in [0.4, 0.5) is 0 Å². The fraction of sp³-hybridized carbons (Fsp3) is 0.917. The minimum Gasteiger partial charge on any atom is -0.385 e. The van der Waals surface area contributed by atoms with Gasteiger partial charge in [0.15, 0.2) is 0 Å². The van der Waals surface area contributed by atoms with Crippen LogP contribution in [-0.4, -0.2) is 63.9 Å². The Morgan fingerprint density at radius 3 is 2.65 bits per heavy atom. The molecule has 17 heavy (non-hydrogen) atoms. The van der Waals surface area contributed by atoms with Gasteiger partial charge in [-0.05, 0) is 25.8 Å². The lowest BCUT2D eigenvalue weighted by Crippen LogP contribution is -2.45. The molecular formula is C12H24N2O3. The van der Waals surface area contributed by atoms with Crippen LogP contribution in [0.2, 0.25) is 0 Å². The molecule has 5 nitrogen and oxygen atoms in total. The van der Waals surface area contributed by atoms with E-state index in [0.717, 1.165) is 32.4 Å². The van der Waals surface area contributed by atoms with Crippen molar-refractivity contribution in [2.45, 2.75) is 25.3 Å². The normalized spacial score (nSPS) is 19.5. The second-order valence-corrected chi connectivity index (χ2v) is 4.31. The van der Waals surface area contributed by atoms with Crippen LogP contribution >= 0.6 is 0 Å². The first-order valence-corrected chi connectivity index (χ1v) is 6.29. The van der Waals surface area contributed by atoms with Gasteiger partial charge in [0.05, 0.1) is 12.6 Å². The molecule has 1 heterocycles. The SMILES string of the molecule is COCCCN(CCOC)C(=O)[C@H]1CCCN1. The predicted octanol–water partition coefficient (Wildman–Crippen LogP) is 0.250. The third kappa shape index (κ3) is 5.02. The summed E-state index contributed by atoms with van der Waals surface area (Å²) in [5.74, 6) is 0.204. The molecule has 1 fully saturated rings. The quantitative estimate of drug-likeness (QED) is 0.622. The highest BCUT2D eigenvalue weighted by molar-refractivity contribution is 5.82. The molecule has 0 spiro atoms. The molecule has 0 aromatic rings. The Labute approximate surface area is 103 Å². The van der Waals surface area contributed by atoms with E-state index in [0.29, 0.717) is 19.8 Å². The number of carbonyl (C=O) groups is 1. The predicted molar refractivity (Wildman–Crippen MR) is 66.0 cm³/mol. The zero-order valence-electron chi connectivity index (χ0n) is 10.9. The molecule has 0 radical (unpaired) electrons. The first-order valence-electron chi connectivity index (χ1n) is 6.29. The van der Waals surface area contributed by atoms with Crippen LogP contribution in [-0.2, 0) is 14.3 Å². The van der Waals surface area contributed by atoms with E-state index in [-0.39, 0.29) is 11.9 Å². The van der Waals surface area contributed by atoms with Crippen molar-refractivity contribution in [2.75, 3.05) is 47.1 Å². The van der Waals surface area contributed by atoms with Gasteiger partial charge < -0.3 is 19.7 Å². The highest BCUT2D eigenvalue weighted by atomic mass is 16.5. The molecule has 1 rings (SSSR count). The lowest BCUT2D eigenvalue weighted by atomic mass is 10.2. The monoisotopic (exact) mass is 244 g/mol. The molecule has 0 saturated carbocycles. The molecule has 0 bridgehead atoms. The molecule has 1 atom stereocenters. The number of methoxy groups -OCH3 is 2. The Kier molecular flexibility index (Phi) is 7.16. The minimum atomic E-state index is 0.00870. The third-order valence-electron chi connectivity index (χ3n) is 3.01. The smallest absolute Gasteiger partial charge is 0.239 e. The molecular weight excluding hydrogens is 220 g/mol. The van der Waals surface area contributed by atoms with Crippen LogP contribution in [0.1, 0.15) is 19.3 Å². The maximum atomic E-state index is 12.2. The van der Waals surface area contributed by atoms with Gasteiger partial charge in [0, 0.05) is 33.9 Å². The lowest BCUT2D eigenvalue weighted by Gasteiger charge is -2.25. The van der Waals surface area contributed by atoms with Crippen LogP contribution in [0.5, 0.6) is 0 Å². The fourth-order valence-corrected chi connectivity index (χ4v) is 2.05. The Bertz CT molecular complexity index is 218. The largest absolute Gasteiger partial charge is 0.385 e. The summed E-state index contributed by atoms with van der Waals surface area (Å²) in [5.41, 5.74) is 0. The molecule has 5 heteroatoms. The molecule has 0 aliphatic carbocycles. The van der Waals surface area contributed by atoms with Crippen molar-refractivity contribution < 1.29 is 14.3 Å². The summed E-state index contributed by atoms with van der Waals surface area (Å²) in [7, 11) is 3.34. The van der Waals surface area contributed by atoms with Gasteiger partial charge in [-0.3, -0.25) is 4.79 Å². The second-order valence-electron chi connectivity index (χ2n) is 4.31. The summed E-state index contributed by atoms with van der Waals surface area (Å²) in [6.07, 6.45) is 2.91. The average Bonchev–Trinajstić information content (AvgIpc) is 2.86. The Morgan fingerprint density at radius 1 is 1.29 bits per heavy atom. The van der Waals surface area contributed by atoms with Gasteiger partial charge in [0.1, 0.15) is 0 Å². The maximum Gasteiger partial charge on any atom is 0.239 e. The van der Waals surface area contributed by atoms with Crippen LogP contribution in [0, 0.1) is 0 Å². The highest BCUT2D eigenvalue weighted by Crippen LogP contribution is 2.09. The van der Waals surface area contributed by atoms with Gasteiger partial charge >= 0.3 is 0 Å². The van der Waals surface area contributed by atoms with E-state index < -0.39 is 0 Å². The first-order chi connectivity index (χ1) is 8.29. The van der Waals surface area contributed by atoms with Crippen molar-refractivity contribution in [3.05, 3.63) is 0 Å². The molecule has 1 aliphatic heterocycles. The van der Waals surface area contributed by atoms with E-state index in [1.807, 2.05) is 4.90 Å². The summed E-state index contributed by atoms with van der Waals surface area (Å²) in [4.78, 5) is 14.1. The first kappa shape index (κ1) is 14.4. The number of nitrogens with zero attached hydrogens (tertiary/aromatic N) is 1. The third-order valence-corrected chi connectivity index (χ3v) is 3.01. The van der Waals surface area contributed by atoms with E-state index in [4.69, 9.17) is 9.47 Å². The number of amides is 1. The van der Waals surface area contributed by atoms with Gasteiger partial charge in [0.25, 0.3) is 0 Å². The molecule has 100 valence electrons. The average molecular weight is 244 g/mol. The number of carbonyl (C=O) groups excluding carboxylic acids is 1. The summed E-state index contributed by atoms with van der Waals surface area (Å²) >= 11 is 0. The topological polar surface area (TPSA) is 50.8 Å². The van der Waals surface area contributed by atoms with Crippen LogP contribution in [0.15, 0.2) is 0 Å². The Balaban J connectivity index is 2.39. The van der Waals surface area contributed by atoms with E-state index >= 15 is 0 Å². The van der Waals surface area contributed by atoms with Gasteiger partial charge in [-0.2, -0.15) is 0 Å². The van der Waals surface area contributed by atoms with Crippen molar-refractivity contribution in [1.29, 1.82) is 0 Å². The van der Waals surface area contributed by atoms with Crippen LogP contribution in [0.3, 0.4) is 0 Å². The van der Waals surface area contributed by atoms with Gasteiger partial charge in [-0.25, -0.2) is 0 Å². The number of rotatable bonds is 8. The van der Waals surface area contributed by atoms with Crippen LogP contribution in [0.25, 0.3) is 0 Å². The number of hydrogen-bond donors (Lipinski definition) is 1. The lowest BCUT2D eigenvalue weighted by molar-refractivity contribution is -0.133. The summed E-state index contributed by atoms with van der Waals surface area (Å²) < 4.78 is 10.1. The van der Waals surface area contributed by atoms with Crippen molar-refractivity contribution >= 4 is 5.91 Å². The van der Waals surface area contributed by atoms with Gasteiger partial charge in [-0.1, -0.05) is 0 Å². The zero-order chi connectivity index (χ0) is 12.5. The van der Waals surface area contributed by atoms with Crippen molar-refractivity contribution in [1.82, 2.24) is 10.2 Å². The molecule has 0 aromatic heterocycles. The summed E-state index contributed by atoms with van der Waals surface area (Å²) in [5, 5.41) is 3.24. The number of hydrogen-bond acceptors (Lipinski definition) is 4. The number of ether oxygens (including phenoxy) is 2. The molecule has 1 N–H and O–H groups in total. The van der Waals surface area contributed by atoms with Crippen molar-refractivity contribution in [2.24, 2.45) is 0 Å². The van der Waals surface area contributed by atoms with E-state index in [1.165, 1.54) is 0 Å². The zero-order valence-corrected chi connectivity index (χ0v) is 10.9. The molecule has 1 aliphatic rings. The fourth-order valence-electron chi connectivity index (χ4n) is 2.05. The van der Waals surface area contributed by atoms with Gasteiger partial charge in [0.2, 0.25) is 5.91 Å². The van der Waals surface area contributed by atoms with E-state index in [9.17, 15) is 4.79 Å². The second kappa shape index (κ2) is 8.44. The Morgan fingerprint density at radius 2 is 2.06 bits per heavy atom. The highest BCUT2D eigenvalue weighted by Gasteiger charge is 2.26.